The number of nitrogens with zero attached hydrogens (tertiary/aromatic N) is 1. The fraction of sp³-hybridized carbons (Fsp3) is 0.455. The summed E-state index contributed by atoms with van der Waals surface area (Å²) in [6.45, 7) is 3.63. The van der Waals surface area contributed by atoms with Gasteiger partial charge in [0.2, 0.25) is 0 Å². The summed E-state index contributed by atoms with van der Waals surface area (Å²) in [5.41, 5.74) is 0.248. The van der Waals surface area contributed by atoms with E-state index in [1.165, 1.54) is 19.2 Å². The Morgan fingerprint density at radius 1 is 1.50 bits per heavy atom. The van der Waals surface area contributed by atoms with Crippen LogP contribution in [0.15, 0.2) is 18.2 Å². The van der Waals surface area contributed by atoms with E-state index in [0.29, 0.717) is 5.75 Å². The summed E-state index contributed by atoms with van der Waals surface area (Å²) < 4.78 is 5.11. The van der Waals surface area contributed by atoms with Gasteiger partial charge in [-0.25, -0.2) is 0 Å². The van der Waals surface area contributed by atoms with Crippen molar-refractivity contribution in [2.24, 2.45) is 0 Å². The Labute approximate surface area is 93.8 Å². The highest BCUT2D eigenvalue weighted by Gasteiger charge is 2.25. The average molecular weight is 225 g/mol. The quantitative estimate of drug-likeness (QED) is 0.627. The fourth-order valence-corrected chi connectivity index (χ4v) is 1.44. The number of hydrogen-bond donors (Lipinski definition) is 1. The highest BCUT2D eigenvalue weighted by molar-refractivity contribution is 5.47. The van der Waals surface area contributed by atoms with Crippen LogP contribution in [0, 0.1) is 10.1 Å². The van der Waals surface area contributed by atoms with Crippen molar-refractivity contribution >= 4 is 5.69 Å². The number of non-ortho nitro benzene ring substituents is 1. The molecule has 88 valence electrons. The molecule has 1 rings (SSSR count). The summed E-state index contributed by atoms with van der Waals surface area (Å²) in [5, 5.41) is 19.9. The first-order valence-electron chi connectivity index (χ1n) is 4.86. The Bertz CT molecular complexity index is 401. The second kappa shape index (κ2) is 4.49. The molecule has 0 aliphatic carbocycles. The summed E-state index contributed by atoms with van der Waals surface area (Å²) >= 11 is 0. The minimum atomic E-state index is -0.486. The lowest BCUT2D eigenvalue weighted by Crippen LogP contribution is -2.22. The first kappa shape index (κ1) is 12.4. The third-order valence-corrected chi connectivity index (χ3v) is 2.52. The third-order valence-electron chi connectivity index (χ3n) is 2.52. The minimum Gasteiger partial charge on any atom is -0.496 e. The highest BCUT2D eigenvalue weighted by Crippen LogP contribution is 2.33. The molecule has 0 atom stereocenters. The van der Waals surface area contributed by atoms with E-state index in [4.69, 9.17) is 4.74 Å². The van der Waals surface area contributed by atoms with Crippen LogP contribution in [0.4, 0.5) is 5.69 Å². The summed E-state index contributed by atoms with van der Waals surface area (Å²) in [5.74, 6) is 0.424. The van der Waals surface area contributed by atoms with E-state index in [2.05, 4.69) is 0 Å². The van der Waals surface area contributed by atoms with Gasteiger partial charge in [-0.05, 0) is 6.07 Å². The van der Waals surface area contributed by atoms with Gasteiger partial charge in [0.05, 0.1) is 24.7 Å². The van der Waals surface area contributed by atoms with Crippen LogP contribution in [0.5, 0.6) is 5.75 Å². The number of aliphatic hydroxyl groups excluding tert-OH is 1. The Morgan fingerprint density at radius 2 is 2.12 bits per heavy atom. The first-order valence-corrected chi connectivity index (χ1v) is 4.86. The number of methoxy groups -OCH3 is 1. The molecule has 1 aromatic carbocycles. The van der Waals surface area contributed by atoms with Crippen molar-refractivity contribution in [1.82, 2.24) is 0 Å². The van der Waals surface area contributed by atoms with Gasteiger partial charge in [-0.1, -0.05) is 13.8 Å². The van der Waals surface area contributed by atoms with Gasteiger partial charge in [0, 0.05) is 17.0 Å². The molecule has 0 bridgehead atoms. The first-order chi connectivity index (χ1) is 7.42. The maximum Gasteiger partial charge on any atom is 0.273 e. The van der Waals surface area contributed by atoms with Crippen LogP contribution >= 0.6 is 0 Å². The monoisotopic (exact) mass is 225 g/mol. The number of ether oxygens (including phenoxy) is 1. The van der Waals surface area contributed by atoms with E-state index in [1.807, 2.05) is 13.8 Å². The second-order valence-corrected chi connectivity index (χ2v) is 4.18. The van der Waals surface area contributed by atoms with Gasteiger partial charge in [0.15, 0.2) is 0 Å². The lowest BCUT2D eigenvalue weighted by atomic mass is 9.85. The maximum absolute atomic E-state index is 10.6. The normalized spacial score (nSPS) is 11.2. The van der Waals surface area contributed by atoms with Crippen molar-refractivity contribution < 1.29 is 14.8 Å². The van der Waals surface area contributed by atoms with E-state index in [0.717, 1.165) is 5.56 Å². The van der Waals surface area contributed by atoms with Crippen LogP contribution in [-0.2, 0) is 5.41 Å². The Kier molecular flexibility index (Phi) is 3.49. The molecule has 0 amide bonds. The molecule has 5 nitrogen and oxygen atoms in total. The van der Waals surface area contributed by atoms with Crippen molar-refractivity contribution in [3.63, 3.8) is 0 Å². The lowest BCUT2D eigenvalue weighted by molar-refractivity contribution is -0.384. The summed E-state index contributed by atoms with van der Waals surface area (Å²) in [6, 6.07) is 4.40. The Balaban J connectivity index is 3.27. The van der Waals surface area contributed by atoms with Crippen LogP contribution < -0.4 is 4.74 Å². The molecule has 0 radical (unpaired) electrons. The van der Waals surface area contributed by atoms with Gasteiger partial charge in [-0.3, -0.25) is 10.1 Å². The number of nitro benzene ring substituents is 1. The molecule has 0 saturated heterocycles. The third kappa shape index (κ3) is 2.30. The largest absolute Gasteiger partial charge is 0.496 e. The van der Waals surface area contributed by atoms with E-state index >= 15 is 0 Å². The van der Waals surface area contributed by atoms with Crippen molar-refractivity contribution in [1.29, 1.82) is 0 Å². The second-order valence-electron chi connectivity index (χ2n) is 4.18. The topological polar surface area (TPSA) is 72.6 Å². The minimum absolute atomic E-state index is 0.0191. The summed E-state index contributed by atoms with van der Waals surface area (Å²) in [4.78, 5) is 10.1. The average Bonchev–Trinajstić information content (AvgIpc) is 2.28. The molecule has 0 aliphatic rings. The van der Waals surface area contributed by atoms with Crippen molar-refractivity contribution in [2.75, 3.05) is 13.7 Å². The van der Waals surface area contributed by atoms with Crippen LogP contribution in [0.25, 0.3) is 0 Å². The SMILES string of the molecule is COc1cc([N+](=O)[O-])ccc1C(C)(C)CO. The summed E-state index contributed by atoms with van der Waals surface area (Å²) in [6.07, 6.45) is 0. The predicted molar refractivity (Wildman–Crippen MR) is 59.8 cm³/mol. The van der Waals surface area contributed by atoms with Crippen molar-refractivity contribution in [3.8, 4) is 5.75 Å². The van der Waals surface area contributed by atoms with Crippen LogP contribution in [0.1, 0.15) is 19.4 Å². The number of rotatable bonds is 4. The Morgan fingerprint density at radius 3 is 2.56 bits per heavy atom. The molecular formula is C11H15NO4. The van der Waals surface area contributed by atoms with E-state index in [9.17, 15) is 15.2 Å². The fourth-order valence-electron chi connectivity index (χ4n) is 1.44. The highest BCUT2D eigenvalue weighted by atomic mass is 16.6. The van der Waals surface area contributed by atoms with Gasteiger partial charge < -0.3 is 9.84 Å². The molecule has 0 saturated carbocycles. The molecule has 16 heavy (non-hydrogen) atoms. The number of benzene rings is 1. The number of nitro groups is 1. The zero-order chi connectivity index (χ0) is 12.3. The standard InChI is InChI=1S/C11H15NO4/c1-11(2,7-13)9-5-4-8(12(14)15)6-10(9)16-3/h4-6,13H,7H2,1-3H3. The van der Waals surface area contributed by atoms with E-state index < -0.39 is 10.3 Å². The molecule has 0 heterocycles. The number of hydrogen-bond acceptors (Lipinski definition) is 4. The van der Waals surface area contributed by atoms with Crippen LogP contribution in [-0.4, -0.2) is 23.7 Å². The smallest absolute Gasteiger partial charge is 0.273 e. The summed E-state index contributed by atoms with van der Waals surface area (Å²) in [7, 11) is 1.45. The van der Waals surface area contributed by atoms with Crippen LogP contribution in [0.3, 0.4) is 0 Å². The molecule has 0 spiro atoms. The molecule has 1 N–H and O–H groups in total. The molecule has 0 aliphatic heterocycles. The molecule has 5 heteroatoms. The van der Waals surface area contributed by atoms with Crippen molar-refractivity contribution in [3.05, 3.63) is 33.9 Å². The zero-order valence-corrected chi connectivity index (χ0v) is 9.56. The molecular weight excluding hydrogens is 210 g/mol. The number of aliphatic hydroxyl groups is 1. The van der Waals surface area contributed by atoms with E-state index in [1.54, 1.807) is 6.07 Å². The maximum atomic E-state index is 10.6. The van der Waals surface area contributed by atoms with Crippen LogP contribution in [0.2, 0.25) is 0 Å². The zero-order valence-electron chi connectivity index (χ0n) is 9.56. The predicted octanol–water partition coefficient (Wildman–Crippen LogP) is 1.87. The molecule has 0 fully saturated rings. The van der Waals surface area contributed by atoms with Gasteiger partial charge in [-0.15, -0.1) is 0 Å². The molecule has 0 unspecified atom stereocenters. The van der Waals surface area contributed by atoms with Gasteiger partial charge in [0.25, 0.3) is 5.69 Å². The van der Waals surface area contributed by atoms with Gasteiger partial charge >= 0.3 is 0 Å². The molecule has 0 aromatic heterocycles. The lowest BCUT2D eigenvalue weighted by Gasteiger charge is -2.24. The van der Waals surface area contributed by atoms with Gasteiger partial charge in [0.1, 0.15) is 5.75 Å². The van der Waals surface area contributed by atoms with E-state index in [-0.39, 0.29) is 12.3 Å². The molecule has 1 aromatic rings. The van der Waals surface area contributed by atoms with Gasteiger partial charge in [-0.2, -0.15) is 0 Å². The van der Waals surface area contributed by atoms with Crippen molar-refractivity contribution in [2.45, 2.75) is 19.3 Å². The Hall–Kier alpha value is -1.62.